The zero-order valence-corrected chi connectivity index (χ0v) is 11.8. The molecule has 0 saturated carbocycles. The molecule has 2 aliphatic rings. The summed E-state index contributed by atoms with van der Waals surface area (Å²) >= 11 is 0. The van der Waals surface area contributed by atoms with E-state index in [1.54, 1.807) is 12.4 Å². The zero-order chi connectivity index (χ0) is 14.4. The lowest BCUT2D eigenvalue weighted by molar-refractivity contribution is 0.111. The van der Waals surface area contributed by atoms with Crippen LogP contribution in [0, 0.1) is 0 Å². The van der Waals surface area contributed by atoms with Crippen molar-refractivity contribution in [1.29, 1.82) is 0 Å². The fourth-order valence-electron chi connectivity index (χ4n) is 3.31. The van der Waals surface area contributed by atoms with E-state index in [2.05, 4.69) is 33.4 Å². The van der Waals surface area contributed by atoms with E-state index < -0.39 is 6.23 Å². The van der Waals surface area contributed by atoms with Gasteiger partial charge in [-0.05, 0) is 25.0 Å². The van der Waals surface area contributed by atoms with Gasteiger partial charge in [-0.2, -0.15) is 10.2 Å². The van der Waals surface area contributed by atoms with Crippen LogP contribution in [-0.2, 0) is 6.42 Å². The highest BCUT2D eigenvalue weighted by molar-refractivity contribution is 5.56. The first-order chi connectivity index (χ1) is 10.2. The summed E-state index contributed by atoms with van der Waals surface area (Å²) < 4.78 is 0. The molecule has 0 radical (unpaired) electrons. The molecule has 2 aromatic heterocycles. The second kappa shape index (κ2) is 4.78. The minimum Gasteiger partial charge on any atom is -0.365 e. The van der Waals surface area contributed by atoms with Crippen LogP contribution in [0.4, 0.5) is 5.82 Å². The molecule has 1 saturated heterocycles. The van der Waals surface area contributed by atoms with Crippen molar-refractivity contribution in [3.05, 3.63) is 35.8 Å². The van der Waals surface area contributed by atoms with Crippen molar-refractivity contribution in [3.8, 4) is 0 Å². The molecule has 0 spiro atoms. The number of fused-ring (bicyclic) bond motifs is 3. The number of piperazine rings is 1. The van der Waals surface area contributed by atoms with Crippen LogP contribution in [0.1, 0.15) is 24.4 Å². The molecule has 3 atom stereocenters. The first-order valence-electron chi connectivity index (χ1n) is 7.27. The highest BCUT2D eigenvalue weighted by atomic mass is 16.3. The smallest absolute Gasteiger partial charge is 0.209 e. The second-order valence-electron chi connectivity index (χ2n) is 5.71. The number of hydrogen-bond donors (Lipinski definition) is 2. The maximum absolute atomic E-state index is 10.3. The molecule has 2 aromatic rings. The molecular formula is C14H18N6O. The van der Waals surface area contributed by atoms with E-state index in [4.69, 9.17) is 4.98 Å². The quantitative estimate of drug-likeness (QED) is 0.805. The van der Waals surface area contributed by atoms with Gasteiger partial charge in [0, 0.05) is 25.2 Å². The van der Waals surface area contributed by atoms with E-state index in [1.165, 1.54) is 10.4 Å². The maximum atomic E-state index is 10.3. The first kappa shape index (κ1) is 12.7. The lowest BCUT2D eigenvalue weighted by Crippen LogP contribution is -2.55. The van der Waals surface area contributed by atoms with Gasteiger partial charge in [-0.15, -0.1) is 4.80 Å². The summed E-state index contributed by atoms with van der Waals surface area (Å²) in [5.74, 6) is 0.998. The first-order valence-corrected chi connectivity index (χ1v) is 7.27. The summed E-state index contributed by atoms with van der Waals surface area (Å²) in [6.07, 6.45) is 3.16. The molecule has 7 heteroatoms. The monoisotopic (exact) mass is 286 g/mol. The predicted molar refractivity (Wildman–Crippen MR) is 76.9 cm³/mol. The van der Waals surface area contributed by atoms with E-state index in [0.717, 1.165) is 25.3 Å². The summed E-state index contributed by atoms with van der Waals surface area (Å²) in [7, 11) is 0. The number of rotatable bonds is 2. The van der Waals surface area contributed by atoms with Crippen molar-refractivity contribution in [2.24, 2.45) is 0 Å². The van der Waals surface area contributed by atoms with E-state index in [0.29, 0.717) is 17.8 Å². The Balaban J connectivity index is 1.70. The summed E-state index contributed by atoms with van der Waals surface area (Å²) in [5, 5.41) is 21.7. The molecule has 4 heterocycles. The Kier molecular flexibility index (Phi) is 2.90. The number of nitrogens with one attached hydrogen (secondary N) is 1. The molecule has 1 fully saturated rings. The van der Waals surface area contributed by atoms with Gasteiger partial charge in [0.15, 0.2) is 0 Å². The van der Waals surface area contributed by atoms with Gasteiger partial charge in [-0.1, -0.05) is 6.07 Å². The van der Waals surface area contributed by atoms with Crippen molar-refractivity contribution in [1.82, 2.24) is 25.3 Å². The Morgan fingerprint density at radius 2 is 2.10 bits per heavy atom. The Morgan fingerprint density at radius 1 is 1.29 bits per heavy atom. The van der Waals surface area contributed by atoms with Gasteiger partial charge in [0.25, 0.3) is 0 Å². The van der Waals surface area contributed by atoms with Gasteiger partial charge in [-0.25, -0.2) is 4.98 Å². The molecule has 110 valence electrons. The lowest BCUT2D eigenvalue weighted by atomic mass is 10.1. The van der Waals surface area contributed by atoms with E-state index in [9.17, 15) is 5.11 Å². The molecule has 0 amide bonds. The molecule has 2 N–H and O–H groups in total. The lowest BCUT2D eigenvalue weighted by Gasteiger charge is -2.37. The number of aliphatic hydroxyl groups excluding tert-OH is 1. The number of nitrogens with zero attached hydrogens (tertiary/aromatic N) is 5. The van der Waals surface area contributed by atoms with Crippen molar-refractivity contribution in [2.75, 3.05) is 18.0 Å². The fraction of sp³-hybridized carbons (Fsp3) is 0.500. The highest BCUT2D eigenvalue weighted by Gasteiger charge is 2.36. The average Bonchev–Trinajstić information content (AvgIpc) is 3.13. The van der Waals surface area contributed by atoms with Gasteiger partial charge in [0.05, 0.1) is 18.1 Å². The van der Waals surface area contributed by atoms with Crippen LogP contribution in [0.15, 0.2) is 24.5 Å². The number of pyridine rings is 1. The van der Waals surface area contributed by atoms with Crippen LogP contribution in [0.3, 0.4) is 0 Å². The average molecular weight is 286 g/mol. The zero-order valence-electron chi connectivity index (χ0n) is 11.8. The van der Waals surface area contributed by atoms with Crippen LogP contribution in [0.5, 0.6) is 0 Å². The van der Waals surface area contributed by atoms with E-state index in [-0.39, 0.29) is 0 Å². The largest absolute Gasteiger partial charge is 0.365 e. The third kappa shape index (κ3) is 2.00. The topological polar surface area (TPSA) is 79.1 Å². The summed E-state index contributed by atoms with van der Waals surface area (Å²) in [5.41, 5.74) is 1.83. The third-order valence-corrected chi connectivity index (χ3v) is 4.29. The Labute approximate surface area is 122 Å². The summed E-state index contributed by atoms with van der Waals surface area (Å²) in [6, 6.07) is 4.80. The predicted octanol–water partition coefficient (Wildman–Crippen LogP) is -0.0649. The van der Waals surface area contributed by atoms with Crippen LogP contribution in [-0.4, -0.2) is 50.3 Å². The molecule has 0 unspecified atom stereocenters. The SMILES string of the molecule is C[C@@H]1CNC[C@H]2Cc3ccc([C@H](O)n4nccn4)nc3N21. The minimum atomic E-state index is -0.942. The third-order valence-electron chi connectivity index (χ3n) is 4.29. The van der Waals surface area contributed by atoms with E-state index in [1.807, 2.05) is 6.07 Å². The van der Waals surface area contributed by atoms with Crippen LogP contribution < -0.4 is 10.2 Å². The molecule has 4 rings (SSSR count). The Bertz CT molecular complexity index is 643. The molecular weight excluding hydrogens is 268 g/mol. The Morgan fingerprint density at radius 3 is 2.90 bits per heavy atom. The van der Waals surface area contributed by atoms with Gasteiger partial charge < -0.3 is 15.3 Å². The van der Waals surface area contributed by atoms with Crippen LogP contribution in [0.25, 0.3) is 0 Å². The summed E-state index contributed by atoms with van der Waals surface area (Å²) in [4.78, 5) is 8.33. The van der Waals surface area contributed by atoms with E-state index >= 15 is 0 Å². The van der Waals surface area contributed by atoms with Gasteiger partial charge in [0.1, 0.15) is 5.82 Å². The fourth-order valence-corrected chi connectivity index (χ4v) is 3.31. The second-order valence-corrected chi connectivity index (χ2v) is 5.71. The number of hydrogen-bond acceptors (Lipinski definition) is 6. The molecule has 2 aliphatic heterocycles. The van der Waals surface area contributed by atoms with Gasteiger partial charge >= 0.3 is 0 Å². The normalized spacial score (nSPS) is 25.5. The molecule has 0 bridgehead atoms. The molecule has 0 aromatic carbocycles. The Hall–Kier alpha value is -1.99. The highest BCUT2D eigenvalue weighted by Crippen LogP contribution is 2.34. The standard InChI is InChI=1S/C14H18N6O/c1-9-7-15-8-11-6-10-2-3-12(18-13(10)19(9)11)14(21)20-16-4-5-17-20/h2-5,9,11,14-15,21H,6-8H2,1H3/t9-,11-,14+/m1/s1. The van der Waals surface area contributed by atoms with Gasteiger partial charge in [-0.3, -0.25) is 0 Å². The van der Waals surface area contributed by atoms with Crippen molar-refractivity contribution in [3.63, 3.8) is 0 Å². The van der Waals surface area contributed by atoms with Crippen molar-refractivity contribution >= 4 is 5.82 Å². The number of aliphatic hydroxyl groups is 1. The maximum Gasteiger partial charge on any atom is 0.209 e. The van der Waals surface area contributed by atoms with Crippen molar-refractivity contribution in [2.45, 2.75) is 31.7 Å². The molecule has 21 heavy (non-hydrogen) atoms. The summed E-state index contributed by atoms with van der Waals surface area (Å²) in [6.45, 7) is 4.15. The van der Waals surface area contributed by atoms with Crippen molar-refractivity contribution < 1.29 is 5.11 Å². The number of anilines is 1. The van der Waals surface area contributed by atoms with Crippen LogP contribution >= 0.6 is 0 Å². The molecule has 0 aliphatic carbocycles. The minimum absolute atomic E-state index is 0.410. The number of aromatic nitrogens is 4. The van der Waals surface area contributed by atoms with Gasteiger partial charge in [0.2, 0.25) is 6.23 Å². The molecule has 7 nitrogen and oxygen atoms in total. The van der Waals surface area contributed by atoms with Crippen LogP contribution in [0.2, 0.25) is 0 Å².